The van der Waals surface area contributed by atoms with Crippen molar-refractivity contribution < 1.29 is 8.42 Å². The predicted molar refractivity (Wildman–Crippen MR) is 75.5 cm³/mol. The minimum atomic E-state index is -3.51. The Morgan fingerprint density at radius 3 is 2.68 bits per heavy atom. The van der Waals surface area contributed by atoms with E-state index >= 15 is 0 Å². The fourth-order valence-electron chi connectivity index (χ4n) is 1.50. The minimum absolute atomic E-state index is 0.0765. The maximum absolute atomic E-state index is 12.0. The Balaban J connectivity index is 2.69. The highest BCUT2D eigenvalue weighted by Gasteiger charge is 2.30. The van der Waals surface area contributed by atoms with Crippen LogP contribution in [0.1, 0.15) is 26.0 Å². The number of aryl methyl sites for hydroxylation is 1. The van der Waals surface area contributed by atoms with E-state index in [1.54, 1.807) is 32.2 Å². The molecule has 0 fully saturated rings. The van der Waals surface area contributed by atoms with E-state index < -0.39 is 15.6 Å². The van der Waals surface area contributed by atoms with Crippen LogP contribution in [0.5, 0.6) is 0 Å². The van der Waals surface area contributed by atoms with E-state index in [2.05, 4.69) is 9.71 Å². The van der Waals surface area contributed by atoms with E-state index in [0.29, 0.717) is 18.5 Å². The molecule has 6 nitrogen and oxygen atoms in total. The number of aromatic nitrogens is 1. The highest BCUT2D eigenvalue weighted by atomic mass is 32.2. The molecular weight excluding hydrogens is 264 g/mol. The van der Waals surface area contributed by atoms with Crippen LogP contribution in [0.15, 0.2) is 24.4 Å². The van der Waals surface area contributed by atoms with E-state index in [1.165, 1.54) is 0 Å². The zero-order valence-corrected chi connectivity index (χ0v) is 12.0. The molecular formula is C12H20N4O2S. The van der Waals surface area contributed by atoms with Crippen molar-refractivity contribution in [2.75, 3.05) is 5.75 Å². The number of hydrogen-bond acceptors (Lipinski definition) is 4. The lowest BCUT2D eigenvalue weighted by atomic mass is 10.00. The van der Waals surface area contributed by atoms with E-state index in [4.69, 9.17) is 11.1 Å². The molecule has 1 aromatic rings. The van der Waals surface area contributed by atoms with E-state index in [9.17, 15) is 8.42 Å². The normalized spacial score (nSPS) is 14.8. The predicted octanol–water partition coefficient (Wildman–Crippen LogP) is 0.648. The molecule has 106 valence electrons. The standard InChI is InChI=1S/C12H20N4O2S/c1-3-12(2,11(13)14)16-19(17,18)9-7-10-6-4-5-8-15-10/h4-6,8,16H,3,7,9H2,1-2H3,(H3,13,14). The number of rotatable bonds is 7. The van der Waals surface area contributed by atoms with Gasteiger partial charge in [0.2, 0.25) is 10.0 Å². The van der Waals surface area contributed by atoms with Gasteiger partial charge >= 0.3 is 0 Å². The molecule has 1 unspecified atom stereocenters. The molecule has 0 aromatic carbocycles. The summed E-state index contributed by atoms with van der Waals surface area (Å²) in [6, 6.07) is 5.37. The van der Waals surface area contributed by atoms with Crippen LogP contribution in [0, 0.1) is 5.41 Å². The van der Waals surface area contributed by atoms with Crippen molar-refractivity contribution in [3.63, 3.8) is 0 Å². The quantitative estimate of drug-likeness (QED) is 0.504. The number of sulfonamides is 1. The summed E-state index contributed by atoms with van der Waals surface area (Å²) in [6.45, 7) is 3.39. The summed E-state index contributed by atoms with van der Waals surface area (Å²) >= 11 is 0. The van der Waals surface area contributed by atoms with Gasteiger partial charge < -0.3 is 5.73 Å². The number of nitrogens with zero attached hydrogens (tertiary/aromatic N) is 1. The summed E-state index contributed by atoms with van der Waals surface area (Å²) in [5.41, 5.74) is 5.13. The van der Waals surface area contributed by atoms with Gasteiger partial charge in [-0.2, -0.15) is 0 Å². The van der Waals surface area contributed by atoms with Crippen LogP contribution in [0.2, 0.25) is 0 Å². The largest absolute Gasteiger partial charge is 0.386 e. The lowest BCUT2D eigenvalue weighted by Crippen LogP contribution is -2.55. The van der Waals surface area contributed by atoms with Crippen molar-refractivity contribution in [3.8, 4) is 0 Å². The Labute approximate surface area is 114 Å². The van der Waals surface area contributed by atoms with Crippen molar-refractivity contribution in [3.05, 3.63) is 30.1 Å². The SMILES string of the molecule is CCC(C)(NS(=O)(=O)CCc1ccccn1)C(=N)N. The molecule has 0 aliphatic rings. The first kappa shape index (κ1) is 15.6. The summed E-state index contributed by atoms with van der Waals surface area (Å²) in [4.78, 5) is 4.07. The molecule has 0 spiro atoms. The van der Waals surface area contributed by atoms with Crippen molar-refractivity contribution in [2.45, 2.75) is 32.2 Å². The lowest BCUT2D eigenvalue weighted by Gasteiger charge is -2.27. The maximum atomic E-state index is 12.0. The molecule has 0 radical (unpaired) electrons. The third-order valence-corrected chi connectivity index (χ3v) is 4.54. The van der Waals surface area contributed by atoms with E-state index in [-0.39, 0.29) is 11.6 Å². The summed E-state index contributed by atoms with van der Waals surface area (Å²) < 4.78 is 26.5. The number of amidine groups is 1. The second-order valence-corrected chi connectivity index (χ2v) is 6.43. The molecule has 1 heterocycles. The second-order valence-electron chi connectivity index (χ2n) is 4.59. The number of nitrogens with one attached hydrogen (secondary N) is 2. The molecule has 7 heteroatoms. The van der Waals surface area contributed by atoms with Gasteiger partial charge in [0, 0.05) is 18.3 Å². The average molecular weight is 284 g/mol. The summed E-state index contributed by atoms with van der Waals surface area (Å²) in [6.07, 6.45) is 2.38. The Hall–Kier alpha value is -1.47. The summed E-state index contributed by atoms with van der Waals surface area (Å²) in [5, 5.41) is 7.46. The second kappa shape index (κ2) is 6.12. The van der Waals surface area contributed by atoms with Crippen molar-refractivity contribution in [1.82, 2.24) is 9.71 Å². The molecule has 1 rings (SSSR count). The van der Waals surface area contributed by atoms with Crippen LogP contribution in [0.3, 0.4) is 0 Å². The minimum Gasteiger partial charge on any atom is -0.386 e. The van der Waals surface area contributed by atoms with Crippen molar-refractivity contribution in [2.24, 2.45) is 5.73 Å². The Kier molecular flexibility index (Phi) is 5.02. The van der Waals surface area contributed by atoms with Crippen molar-refractivity contribution >= 4 is 15.9 Å². The smallest absolute Gasteiger partial charge is 0.212 e. The number of hydrogen-bond donors (Lipinski definition) is 3. The Morgan fingerprint density at radius 2 is 2.21 bits per heavy atom. The lowest BCUT2D eigenvalue weighted by molar-refractivity contribution is 0.505. The van der Waals surface area contributed by atoms with Gasteiger partial charge in [0.1, 0.15) is 5.84 Å². The maximum Gasteiger partial charge on any atom is 0.212 e. The van der Waals surface area contributed by atoms with Crippen molar-refractivity contribution in [1.29, 1.82) is 5.41 Å². The summed E-state index contributed by atoms with van der Waals surface area (Å²) in [5.74, 6) is -0.260. The van der Waals surface area contributed by atoms with Gasteiger partial charge in [0.15, 0.2) is 0 Å². The topological polar surface area (TPSA) is 109 Å². The van der Waals surface area contributed by atoms with Crippen LogP contribution < -0.4 is 10.5 Å². The highest BCUT2D eigenvalue weighted by molar-refractivity contribution is 7.89. The molecule has 0 bridgehead atoms. The number of nitrogens with two attached hydrogens (primary N) is 1. The van der Waals surface area contributed by atoms with E-state index in [0.717, 1.165) is 0 Å². The van der Waals surface area contributed by atoms with Gasteiger partial charge in [-0.05, 0) is 25.5 Å². The fraction of sp³-hybridized carbons (Fsp3) is 0.500. The zero-order valence-electron chi connectivity index (χ0n) is 11.2. The van der Waals surface area contributed by atoms with Crippen LogP contribution in [-0.4, -0.2) is 30.5 Å². The fourth-order valence-corrected chi connectivity index (χ4v) is 3.02. The molecule has 0 saturated carbocycles. The van der Waals surface area contributed by atoms with Crippen LogP contribution in [0.4, 0.5) is 0 Å². The van der Waals surface area contributed by atoms with Crippen LogP contribution in [0.25, 0.3) is 0 Å². The Bertz CT molecular complexity index is 530. The molecule has 4 N–H and O–H groups in total. The molecule has 1 atom stereocenters. The molecule has 19 heavy (non-hydrogen) atoms. The molecule has 0 amide bonds. The van der Waals surface area contributed by atoms with Gasteiger partial charge in [-0.3, -0.25) is 10.4 Å². The van der Waals surface area contributed by atoms with E-state index in [1.807, 2.05) is 6.07 Å². The molecule has 0 aliphatic heterocycles. The molecule has 1 aromatic heterocycles. The zero-order chi connectivity index (χ0) is 14.5. The molecule has 0 aliphatic carbocycles. The van der Waals surface area contributed by atoms with Gasteiger partial charge in [-0.15, -0.1) is 0 Å². The van der Waals surface area contributed by atoms with Gasteiger partial charge in [0.05, 0.1) is 11.3 Å². The monoisotopic (exact) mass is 284 g/mol. The summed E-state index contributed by atoms with van der Waals surface area (Å²) in [7, 11) is -3.51. The first-order valence-electron chi connectivity index (χ1n) is 6.05. The van der Waals surface area contributed by atoms with Gasteiger partial charge in [-0.1, -0.05) is 13.0 Å². The van der Waals surface area contributed by atoms with Crippen LogP contribution >= 0.6 is 0 Å². The van der Waals surface area contributed by atoms with Gasteiger partial charge in [0.25, 0.3) is 0 Å². The first-order chi connectivity index (χ1) is 8.79. The van der Waals surface area contributed by atoms with Gasteiger partial charge in [-0.25, -0.2) is 13.1 Å². The third-order valence-electron chi connectivity index (χ3n) is 3.04. The first-order valence-corrected chi connectivity index (χ1v) is 7.70. The highest BCUT2D eigenvalue weighted by Crippen LogP contribution is 2.11. The molecule has 0 saturated heterocycles. The third kappa shape index (κ3) is 4.60. The van der Waals surface area contributed by atoms with Crippen LogP contribution in [-0.2, 0) is 16.4 Å². The Morgan fingerprint density at radius 1 is 1.53 bits per heavy atom. The number of pyridine rings is 1. The average Bonchev–Trinajstić information content (AvgIpc) is 2.37.